The van der Waals surface area contributed by atoms with Crippen molar-refractivity contribution in [2.24, 2.45) is 11.8 Å². The molecule has 6 heteroatoms. The molecule has 3 heterocycles. The van der Waals surface area contributed by atoms with Crippen LogP contribution in [0.2, 0.25) is 0 Å². The highest BCUT2D eigenvalue weighted by Crippen LogP contribution is 2.65. The Hall–Kier alpha value is -1.89. The van der Waals surface area contributed by atoms with Crippen molar-refractivity contribution in [2.75, 3.05) is 18.6 Å². The number of para-hydroxylation sites is 1. The van der Waals surface area contributed by atoms with Gasteiger partial charge in [-0.15, -0.1) is 0 Å². The van der Waals surface area contributed by atoms with E-state index in [1.807, 2.05) is 32.1 Å². The number of ether oxygens (including phenoxy) is 1. The highest BCUT2D eigenvalue weighted by Gasteiger charge is 2.69. The number of hydrogen-bond donors (Lipinski definition) is 1. The van der Waals surface area contributed by atoms with Crippen LogP contribution in [0.3, 0.4) is 0 Å². The van der Waals surface area contributed by atoms with Gasteiger partial charge < -0.3 is 25.0 Å². The third-order valence-corrected chi connectivity index (χ3v) is 7.89. The molecule has 1 aliphatic carbocycles. The highest BCUT2D eigenvalue weighted by molar-refractivity contribution is 5.81. The van der Waals surface area contributed by atoms with Gasteiger partial charge in [0, 0.05) is 23.7 Å². The van der Waals surface area contributed by atoms with E-state index in [0.29, 0.717) is 25.8 Å². The summed E-state index contributed by atoms with van der Waals surface area (Å²) in [5, 5.41) is 25.2. The van der Waals surface area contributed by atoms with Gasteiger partial charge in [0.2, 0.25) is 0 Å². The van der Waals surface area contributed by atoms with Gasteiger partial charge in [-0.05, 0) is 50.7 Å². The quantitative estimate of drug-likeness (QED) is 0.593. The first-order valence-corrected chi connectivity index (χ1v) is 10.1. The van der Waals surface area contributed by atoms with Gasteiger partial charge in [0.25, 0.3) is 0 Å². The molecule has 4 aliphatic rings. The Morgan fingerprint density at radius 3 is 2.82 bits per heavy atom. The Morgan fingerprint density at radius 1 is 1.36 bits per heavy atom. The molecular weight excluding hydrogens is 356 g/mol. The van der Waals surface area contributed by atoms with E-state index in [2.05, 4.69) is 17.0 Å². The van der Waals surface area contributed by atoms with Crippen LogP contribution >= 0.6 is 0 Å². The molecule has 5 rings (SSSR count). The minimum atomic E-state index is -0.757. The number of aliphatic hydroxyl groups is 1. The first kappa shape index (κ1) is 18.2. The molecule has 0 radical (unpaired) electrons. The summed E-state index contributed by atoms with van der Waals surface area (Å²) in [4.78, 5) is 15.5. The third-order valence-electron chi connectivity index (χ3n) is 7.89. The van der Waals surface area contributed by atoms with Gasteiger partial charge in [-0.1, -0.05) is 29.8 Å². The fourth-order valence-electron chi connectivity index (χ4n) is 6.86. The van der Waals surface area contributed by atoms with Gasteiger partial charge >= 0.3 is 5.97 Å². The Labute approximate surface area is 165 Å². The number of piperidine rings is 1. The maximum atomic E-state index is 13.3. The number of anilines is 1. The summed E-state index contributed by atoms with van der Waals surface area (Å²) in [5.74, 6) is -0.713. The zero-order valence-corrected chi connectivity index (χ0v) is 16.6. The second-order valence-electron chi connectivity index (χ2n) is 8.97. The largest absolute Gasteiger partial charge is 0.783 e. The van der Waals surface area contributed by atoms with E-state index >= 15 is 0 Å². The number of allylic oxidation sites excluding steroid dienone is 1. The van der Waals surface area contributed by atoms with Crippen LogP contribution in [0.5, 0.6) is 0 Å². The van der Waals surface area contributed by atoms with E-state index in [1.54, 1.807) is 0 Å². The minimum Gasteiger partial charge on any atom is -0.783 e. The van der Waals surface area contributed by atoms with Gasteiger partial charge in [-0.2, -0.15) is 0 Å². The summed E-state index contributed by atoms with van der Waals surface area (Å²) in [7, 11) is 1.44. The van der Waals surface area contributed by atoms with Gasteiger partial charge in [-0.3, -0.25) is 4.79 Å². The lowest BCUT2D eigenvalue weighted by molar-refractivity contribution is -0.150. The van der Waals surface area contributed by atoms with Gasteiger partial charge in [0.15, 0.2) is 0 Å². The van der Waals surface area contributed by atoms with Crippen molar-refractivity contribution in [2.45, 2.75) is 56.3 Å². The maximum Gasteiger partial charge on any atom is 0.310 e. The third kappa shape index (κ3) is 1.96. The number of carbonyl (C=O) groups excluding carboxylic acids is 1. The van der Waals surface area contributed by atoms with Crippen LogP contribution in [0, 0.1) is 17.0 Å². The minimum absolute atomic E-state index is 0.0705. The molecule has 1 N–H and O–H groups in total. The van der Waals surface area contributed by atoms with E-state index < -0.39 is 23.1 Å². The molecule has 6 atom stereocenters. The molecule has 28 heavy (non-hydrogen) atoms. The SMILES string of the molecule is CC=C1CN([O-])[C@@]2(C)C[C@H]1[C@@H](C(=O)OC)[C@@]13C[C@H](O)C[C@@H]1N2c1ccccc13. The number of carbonyl (C=O) groups is 1. The predicted octanol–water partition coefficient (Wildman–Crippen LogP) is 2.55. The smallest absolute Gasteiger partial charge is 0.310 e. The van der Waals surface area contributed by atoms with Gasteiger partial charge in [-0.25, -0.2) is 0 Å². The molecule has 1 aromatic rings. The molecule has 150 valence electrons. The standard InChI is InChI=1S/C22H27N2O4/c1-4-13-12-23(27)21(2)11-15(13)19(20(26)28-3)22-10-14(25)9-18(22)24(21)17-8-6-5-7-16(17)22/h4-8,14-15,18-19,25H,9-12H2,1-3H3/q-1/t14-,15-,18+,19+,21-,22-/m1/s1. The summed E-state index contributed by atoms with van der Waals surface area (Å²) in [6.07, 6.45) is 3.15. The van der Waals surface area contributed by atoms with Crippen LogP contribution in [0.15, 0.2) is 35.9 Å². The zero-order chi connectivity index (χ0) is 19.8. The lowest BCUT2D eigenvalue weighted by atomic mass is 9.61. The number of fused-ring (bicyclic) bond motifs is 5. The van der Waals surface area contributed by atoms with Crippen molar-refractivity contribution in [3.63, 3.8) is 0 Å². The molecule has 0 spiro atoms. The fourth-order valence-corrected chi connectivity index (χ4v) is 6.86. The first-order valence-electron chi connectivity index (χ1n) is 10.1. The molecule has 0 unspecified atom stereocenters. The van der Waals surface area contributed by atoms with Crippen molar-refractivity contribution in [3.8, 4) is 0 Å². The Balaban J connectivity index is 1.85. The number of hydroxylamine groups is 2. The number of hydrogen-bond acceptors (Lipinski definition) is 6. The summed E-state index contributed by atoms with van der Waals surface area (Å²) in [5.41, 5.74) is 1.81. The van der Waals surface area contributed by atoms with Crippen molar-refractivity contribution in [1.82, 2.24) is 5.06 Å². The van der Waals surface area contributed by atoms with Crippen molar-refractivity contribution in [1.29, 1.82) is 0 Å². The molecule has 3 fully saturated rings. The van der Waals surface area contributed by atoms with Gasteiger partial charge in [0.1, 0.15) is 0 Å². The van der Waals surface area contributed by atoms with E-state index in [4.69, 9.17) is 4.74 Å². The molecule has 4 bridgehead atoms. The Morgan fingerprint density at radius 2 is 2.11 bits per heavy atom. The lowest BCUT2D eigenvalue weighted by Crippen LogP contribution is -2.62. The topological polar surface area (TPSA) is 76.1 Å². The molecule has 1 saturated carbocycles. The molecule has 3 aliphatic heterocycles. The highest BCUT2D eigenvalue weighted by atomic mass is 16.5. The molecule has 6 nitrogen and oxygen atoms in total. The second kappa shape index (κ2) is 5.81. The first-order chi connectivity index (χ1) is 13.4. The Bertz CT molecular complexity index is 870. The summed E-state index contributed by atoms with van der Waals surface area (Å²) >= 11 is 0. The number of rotatable bonds is 1. The summed E-state index contributed by atoms with van der Waals surface area (Å²) in [6.45, 7) is 4.24. The van der Waals surface area contributed by atoms with E-state index in [0.717, 1.165) is 16.8 Å². The molecule has 2 saturated heterocycles. The van der Waals surface area contributed by atoms with Crippen LogP contribution < -0.4 is 4.90 Å². The number of aliphatic hydroxyl groups excluding tert-OH is 1. The van der Waals surface area contributed by atoms with E-state index in [9.17, 15) is 15.1 Å². The molecule has 0 amide bonds. The zero-order valence-electron chi connectivity index (χ0n) is 16.6. The predicted molar refractivity (Wildman–Crippen MR) is 105 cm³/mol. The molecule has 1 aromatic carbocycles. The summed E-state index contributed by atoms with van der Waals surface area (Å²) < 4.78 is 5.34. The van der Waals surface area contributed by atoms with Gasteiger partial charge in [0.05, 0.1) is 24.8 Å². The average Bonchev–Trinajstić information content (AvgIpc) is 3.11. The van der Waals surface area contributed by atoms with Crippen molar-refractivity contribution >= 4 is 11.7 Å². The van der Waals surface area contributed by atoms with Crippen LogP contribution in [-0.2, 0) is 14.9 Å². The average molecular weight is 383 g/mol. The number of methoxy groups -OCH3 is 1. The van der Waals surface area contributed by atoms with Crippen molar-refractivity contribution in [3.05, 3.63) is 46.7 Å². The number of esters is 1. The van der Waals surface area contributed by atoms with Crippen LogP contribution in [0.25, 0.3) is 0 Å². The molecular formula is C22H27N2O4-. The van der Waals surface area contributed by atoms with E-state index in [1.165, 1.54) is 12.2 Å². The monoisotopic (exact) mass is 383 g/mol. The number of nitrogens with zero attached hydrogens (tertiary/aromatic N) is 2. The fraction of sp³-hybridized carbons (Fsp3) is 0.591. The maximum absolute atomic E-state index is 13.3. The molecule has 0 aromatic heterocycles. The van der Waals surface area contributed by atoms with Crippen LogP contribution in [-0.4, -0.2) is 47.6 Å². The summed E-state index contributed by atoms with van der Waals surface area (Å²) in [6, 6.07) is 8.02. The van der Waals surface area contributed by atoms with Crippen LogP contribution in [0.1, 0.15) is 38.7 Å². The Kier molecular flexibility index (Phi) is 3.77. The van der Waals surface area contributed by atoms with Crippen molar-refractivity contribution < 1.29 is 14.6 Å². The normalized spacial score (nSPS) is 42.9. The second-order valence-corrected chi connectivity index (χ2v) is 8.97. The lowest BCUT2D eigenvalue weighted by Gasteiger charge is -2.58. The number of benzene rings is 1. The van der Waals surface area contributed by atoms with E-state index in [-0.39, 0.29) is 17.9 Å². The van der Waals surface area contributed by atoms with Crippen LogP contribution in [0.4, 0.5) is 5.69 Å².